The van der Waals surface area contributed by atoms with E-state index in [1.165, 1.54) is 11.3 Å². The monoisotopic (exact) mass is 232 g/mol. The second kappa shape index (κ2) is 3.37. The first kappa shape index (κ1) is 10.2. The minimum absolute atomic E-state index is 0.374. The summed E-state index contributed by atoms with van der Waals surface area (Å²) >= 11 is 1.37. The van der Waals surface area contributed by atoms with Crippen LogP contribution in [0, 0.1) is 0 Å². The zero-order valence-corrected chi connectivity index (χ0v) is 8.54. The molecule has 0 radical (unpaired) electrons. The van der Waals surface area contributed by atoms with Crippen molar-refractivity contribution in [2.24, 2.45) is 0 Å². The molecule has 6 heteroatoms. The van der Waals surface area contributed by atoms with Gasteiger partial charge in [-0.3, -0.25) is 0 Å². The topological polar surface area (TPSA) is 24.9 Å². The number of fused-ring (bicyclic) bond motifs is 1. The molecule has 1 N–H and O–H groups in total. The van der Waals surface area contributed by atoms with Gasteiger partial charge in [-0.05, 0) is 17.5 Å². The number of nitrogens with zero attached hydrogens (tertiary/aromatic N) is 1. The molecule has 0 aliphatic rings. The van der Waals surface area contributed by atoms with Gasteiger partial charge in [-0.1, -0.05) is 0 Å². The van der Waals surface area contributed by atoms with Crippen LogP contribution in [0.5, 0.6) is 0 Å². The van der Waals surface area contributed by atoms with E-state index in [2.05, 4.69) is 10.3 Å². The highest BCUT2D eigenvalue weighted by Crippen LogP contribution is 2.34. The SMILES string of the molecule is CNc1cc(C(F)(F)F)nc2ccsc12. The van der Waals surface area contributed by atoms with Crippen molar-refractivity contribution in [2.75, 3.05) is 12.4 Å². The Morgan fingerprint density at radius 3 is 2.73 bits per heavy atom. The van der Waals surface area contributed by atoms with E-state index in [0.29, 0.717) is 11.2 Å². The lowest BCUT2D eigenvalue weighted by Crippen LogP contribution is -2.08. The van der Waals surface area contributed by atoms with Crippen molar-refractivity contribution >= 4 is 27.2 Å². The summed E-state index contributed by atoms with van der Waals surface area (Å²) in [6, 6.07) is 2.61. The van der Waals surface area contributed by atoms with Gasteiger partial charge in [-0.15, -0.1) is 11.3 Å². The van der Waals surface area contributed by atoms with Gasteiger partial charge in [0.15, 0.2) is 0 Å². The van der Waals surface area contributed by atoms with Crippen LogP contribution in [0.2, 0.25) is 0 Å². The Morgan fingerprint density at radius 2 is 2.13 bits per heavy atom. The first-order valence-electron chi connectivity index (χ1n) is 4.15. The van der Waals surface area contributed by atoms with Crippen LogP contribution in [0.1, 0.15) is 5.69 Å². The summed E-state index contributed by atoms with van der Waals surface area (Å²) in [6.07, 6.45) is -4.40. The van der Waals surface area contributed by atoms with Crippen LogP contribution in [0.4, 0.5) is 18.9 Å². The summed E-state index contributed by atoms with van der Waals surface area (Å²) in [4.78, 5) is 3.56. The Hall–Kier alpha value is -1.30. The van der Waals surface area contributed by atoms with Crippen LogP contribution in [-0.2, 0) is 6.18 Å². The Kier molecular flexibility index (Phi) is 2.30. The van der Waals surface area contributed by atoms with Gasteiger partial charge < -0.3 is 5.32 Å². The quantitative estimate of drug-likeness (QED) is 0.815. The van der Waals surface area contributed by atoms with E-state index in [4.69, 9.17) is 0 Å². The van der Waals surface area contributed by atoms with Crippen molar-refractivity contribution in [3.8, 4) is 0 Å². The van der Waals surface area contributed by atoms with E-state index in [1.807, 2.05) is 0 Å². The number of thiophene rings is 1. The summed E-state index contributed by atoms with van der Waals surface area (Å²) in [5.41, 5.74) is -0.0285. The van der Waals surface area contributed by atoms with E-state index in [-0.39, 0.29) is 0 Å². The van der Waals surface area contributed by atoms with Crippen LogP contribution >= 0.6 is 11.3 Å². The molecule has 0 atom stereocenters. The number of pyridine rings is 1. The molecule has 0 amide bonds. The molecule has 2 heterocycles. The fourth-order valence-electron chi connectivity index (χ4n) is 1.29. The average molecular weight is 232 g/mol. The van der Waals surface area contributed by atoms with Crippen LogP contribution < -0.4 is 5.32 Å². The lowest BCUT2D eigenvalue weighted by Gasteiger charge is -2.08. The number of anilines is 1. The second-order valence-corrected chi connectivity index (χ2v) is 3.85. The van der Waals surface area contributed by atoms with Crippen molar-refractivity contribution in [1.82, 2.24) is 4.98 Å². The van der Waals surface area contributed by atoms with Crippen LogP contribution in [0.3, 0.4) is 0 Å². The van der Waals surface area contributed by atoms with Gasteiger partial charge in [0.1, 0.15) is 5.69 Å². The molecule has 80 valence electrons. The molecular formula is C9H7F3N2S. The number of hydrogen-bond donors (Lipinski definition) is 1. The number of aromatic nitrogens is 1. The molecule has 2 aromatic rings. The molecule has 0 bridgehead atoms. The molecule has 0 saturated heterocycles. The fourth-order valence-corrected chi connectivity index (χ4v) is 2.14. The van der Waals surface area contributed by atoms with Crippen molar-refractivity contribution in [3.05, 3.63) is 23.2 Å². The van der Waals surface area contributed by atoms with Gasteiger partial charge in [-0.2, -0.15) is 13.2 Å². The minimum atomic E-state index is -4.40. The third-order valence-electron chi connectivity index (χ3n) is 1.97. The summed E-state index contributed by atoms with van der Waals surface area (Å²) < 4.78 is 38.1. The highest BCUT2D eigenvalue weighted by molar-refractivity contribution is 7.17. The number of halogens is 3. The lowest BCUT2D eigenvalue weighted by molar-refractivity contribution is -0.140. The van der Waals surface area contributed by atoms with E-state index < -0.39 is 11.9 Å². The maximum Gasteiger partial charge on any atom is 0.433 e. The maximum absolute atomic E-state index is 12.5. The van der Waals surface area contributed by atoms with Gasteiger partial charge >= 0.3 is 6.18 Å². The van der Waals surface area contributed by atoms with Gasteiger partial charge in [0.2, 0.25) is 0 Å². The van der Waals surface area contributed by atoms with Gasteiger partial charge in [-0.25, -0.2) is 4.98 Å². The lowest BCUT2D eigenvalue weighted by atomic mass is 10.2. The Labute approximate surface area is 87.7 Å². The molecule has 0 saturated carbocycles. The summed E-state index contributed by atoms with van der Waals surface area (Å²) in [5, 5.41) is 4.46. The van der Waals surface area contributed by atoms with Crippen molar-refractivity contribution in [1.29, 1.82) is 0 Å². The highest BCUT2D eigenvalue weighted by atomic mass is 32.1. The molecule has 15 heavy (non-hydrogen) atoms. The normalized spacial score (nSPS) is 12.0. The maximum atomic E-state index is 12.5. The van der Waals surface area contributed by atoms with Crippen LogP contribution in [0.15, 0.2) is 17.5 Å². The first-order valence-corrected chi connectivity index (χ1v) is 5.03. The molecule has 2 nitrogen and oxygen atoms in total. The van der Waals surface area contributed by atoms with E-state index in [1.54, 1.807) is 18.5 Å². The number of rotatable bonds is 1. The first-order chi connectivity index (χ1) is 7.02. The largest absolute Gasteiger partial charge is 0.433 e. The summed E-state index contributed by atoms with van der Waals surface area (Å²) in [7, 11) is 1.59. The van der Waals surface area contributed by atoms with E-state index in [0.717, 1.165) is 10.8 Å². The molecule has 0 spiro atoms. The Bertz CT molecular complexity index is 490. The molecule has 2 rings (SSSR count). The molecule has 0 aliphatic heterocycles. The Balaban J connectivity index is 2.69. The number of alkyl halides is 3. The predicted molar refractivity (Wildman–Crippen MR) is 54.2 cm³/mol. The van der Waals surface area contributed by atoms with Gasteiger partial charge in [0, 0.05) is 7.05 Å². The molecular weight excluding hydrogens is 225 g/mol. The predicted octanol–water partition coefficient (Wildman–Crippen LogP) is 3.36. The summed E-state index contributed by atoms with van der Waals surface area (Å²) in [5.74, 6) is 0. The molecule has 0 unspecified atom stereocenters. The smallest absolute Gasteiger partial charge is 0.387 e. The van der Waals surface area contributed by atoms with Crippen LogP contribution in [0.25, 0.3) is 10.2 Å². The highest BCUT2D eigenvalue weighted by Gasteiger charge is 2.33. The Morgan fingerprint density at radius 1 is 1.40 bits per heavy atom. The van der Waals surface area contributed by atoms with E-state index >= 15 is 0 Å². The minimum Gasteiger partial charge on any atom is -0.387 e. The van der Waals surface area contributed by atoms with E-state index in [9.17, 15) is 13.2 Å². The summed E-state index contributed by atoms with van der Waals surface area (Å²) in [6.45, 7) is 0. The van der Waals surface area contributed by atoms with Crippen molar-refractivity contribution in [3.63, 3.8) is 0 Å². The fraction of sp³-hybridized carbons (Fsp3) is 0.222. The average Bonchev–Trinajstić information content (AvgIpc) is 2.62. The van der Waals surface area contributed by atoms with Gasteiger partial charge in [0.25, 0.3) is 0 Å². The number of nitrogens with one attached hydrogen (secondary N) is 1. The molecule has 2 aromatic heterocycles. The number of hydrogen-bond acceptors (Lipinski definition) is 3. The second-order valence-electron chi connectivity index (χ2n) is 2.94. The molecule has 0 aromatic carbocycles. The van der Waals surface area contributed by atoms with Crippen molar-refractivity contribution in [2.45, 2.75) is 6.18 Å². The zero-order valence-electron chi connectivity index (χ0n) is 7.72. The third kappa shape index (κ3) is 1.77. The zero-order chi connectivity index (χ0) is 11.1. The standard InChI is InChI=1S/C9H7F3N2S/c1-13-6-4-7(9(10,11)12)14-5-2-3-15-8(5)6/h2-4H,1H3,(H,13,14). The van der Waals surface area contributed by atoms with Gasteiger partial charge in [0.05, 0.1) is 15.9 Å². The van der Waals surface area contributed by atoms with Crippen LogP contribution in [-0.4, -0.2) is 12.0 Å². The molecule has 0 aliphatic carbocycles. The third-order valence-corrected chi connectivity index (χ3v) is 2.91. The van der Waals surface area contributed by atoms with Crippen molar-refractivity contribution < 1.29 is 13.2 Å². The molecule has 0 fully saturated rings.